The van der Waals surface area contributed by atoms with E-state index < -0.39 is 0 Å². The molecule has 0 aromatic carbocycles. The van der Waals surface area contributed by atoms with Crippen LogP contribution in [0.25, 0.3) is 0 Å². The van der Waals surface area contributed by atoms with Crippen LogP contribution >= 0.6 is 0 Å². The Labute approximate surface area is 110 Å². The van der Waals surface area contributed by atoms with Crippen LogP contribution in [0.4, 0.5) is 0 Å². The van der Waals surface area contributed by atoms with Crippen LogP contribution in [0.1, 0.15) is 64.2 Å². The molecule has 0 aromatic heterocycles. The Morgan fingerprint density at radius 1 is 1.06 bits per heavy atom. The van der Waals surface area contributed by atoms with Gasteiger partial charge < -0.3 is 10.5 Å². The Balaban J connectivity index is 1.81. The van der Waals surface area contributed by atoms with Crippen molar-refractivity contribution < 1.29 is 9.53 Å². The molecule has 3 heteroatoms. The Morgan fingerprint density at radius 2 is 1.67 bits per heavy atom. The zero-order valence-corrected chi connectivity index (χ0v) is 11.5. The molecule has 0 heterocycles. The van der Waals surface area contributed by atoms with E-state index in [0.29, 0.717) is 19.1 Å². The van der Waals surface area contributed by atoms with Crippen molar-refractivity contribution in [1.82, 2.24) is 0 Å². The van der Waals surface area contributed by atoms with Gasteiger partial charge in [-0.2, -0.15) is 0 Å². The topological polar surface area (TPSA) is 52.3 Å². The second kappa shape index (κ2) is 6.55. The summed E-state index contributed by atoms with van der Waals surface area (Å²) in [5.41, 5.74) is 5.49. The molecule has 0 aliphatic heterocycles. The van der Waals surface area contributed by atoms with E-state index in [-0.39, 0.29) is 11.4 Å². The highest BCUT2D eigenvalue weighted by atomic mass is 16.5. The van der Waals surface area contributed by atoms with E-state index >= 15 is 0 Å². The van der Waals surface area contributed by atoms with Crippen molar-refractivity contribution in [3.63, 3.8) is 0 Å². The Bertz CT molecular complexity index is 266. The van der Waals surface area contributed by atoms with Crippen LogP contribution in [-0.4, -0.2) is 19.1 Å². The summed E-state index contributed by atoms with van der Waals surface area (Å²) in [6.45, 7) is 1.08. The molecule has 18 heavy (non-hydrogen) atoms. The molecular weight excluding hydrogens is 226 g/mol. The highest BCUT2D eigenvalue weighted by Crippen LogP contribution is 2.37. The summed E-state index contributed by atoms with van der Waals surface area (Å²) in [7, 11) is 0. The SMILES string of the molecule is NCC1(C(=O)OCC2CCCCC2)CCCCC1. The highest BCUT2D eigenvalue weighted by Gasteiger charge is 2.39. The van der Waals surface area contributed by atoms with E-state index in [2.05, 4.69) is 0 Å². The minimum atomic E-state index is -0.354. The van der Waals surface area contributed by atoms with Crippen molar-refractivity contribution in [3.8, 4) is 0 Å². The molecular formula is C15H27NO2. The van der Waals surface area contributed by atoms with E-state index in [1.165, 1.54) is 38.5 Å². The van der Waals surface area contributed by atoms with Gasteiger partial charge >= 0.3 is 5.97 Å². The van der Waals surface area contributed by atoms with Crippen LogP contribution in [-0.2, 0) is 9.53 Å². The second-order valence-electron chi connectivity index (χ2n) is 6.15. The fourth-order valence-corrected chi connectivity index (χ4v) is 3.42. The number of esters is 1. The summed E-state index contributed by atoms with van der Waals surface area (Å²) in [5, 5.41) is 0. The van der Waals surface area contributed by atoms with Crippen molar-refractivity contribution in [1.29, 1.82) is 0 Å². The first-order chi connectivity index (χ1) is 8.77. The van der Waals surface area contributed by atoms with Crippen LogP contribution in [0.15, 0.2) is 0 Å². The monoisotopic (exact) mass is 253 g/mol. The molecule has 3 nitrogen and oxygen atoms in total. The van der Waals surface area contributed by atoms with Gasteiger partial charge in [-0.05, 0) is 31.6 Å². The molecule has 2 rings (SSSR count). The van der Waals surface area contributed by atoms with E-state index in [4.69, 9.17) is 10.5 Å². The molecule has 0 radical (unpaired) electrons. The van der Waals surface area contributed by atoms with Gasteiger partial charge in [-0.15, -0.1) is 0 Å². The van der Waals surface area contributed by atoms with Gasteiger partial charge in [0.15, 0.2) is 0 Å². The van der Waals surface area contributed by atoms with Gasteiger partial charge in [0.1, 0.15) is 0 Å². The lowest BCUT2D eigenvalue weighted by atomic mass is 9.74. The van der Waals surface area contributed by atoms with Gasteiger partial charge in [-0.25, -0.2) is 0 Å². The standard InChI is InChI=1S/C15H27NO2/c16-12-15(9-5-2-6-10-15)14(17)18-11-13-7-3-1-4-8-13/h13H,1-12,16H2. The molecule has 2 saturated carbocycles. The molecule has 0 saturated heterocycles. The van der Waals surface area contributed by atoms with Crippen LogP contribution in [0.3, 0.4) is 0 Å². The number of ether oxygens (including phenoxy) is 1. The normalized spacial score (nSPS) is 24.7. The molecule has 2 aliphatic carbocycles. The van der Waals surface area contributed by atoms with Crippen molar-refractivity contribution in [2.75, 3.05) is 13.2 Å². The number of carbonyl (C=O) groups excluding carboxylic acids is 1. The van der Waals surface area contributed by atoms with Crippen LogP contribution in [0, 0.1) is 11.3 Å². The van der Waals surface area contributed by atoms with Crippen molar-refractivity contribution >= 4 is 5.97 Å². The largest absolute Gasteiger partial charge is 0.465 e. The lowest BCUT2D eigenvalue weighted by Gasteiger charge is -2.34. The minimum Gasteiger partial charge on any atom is -0.465 e. The number of carbonyl (C=O) groups is 1. The van der Waals surface area contributed by atoms with Crippen LogP contribution in [0.2, 0.25) is 0 Å². The van der Waals surface area contributed by atoms with Gasteiger partial charge in [-0.1, -0.05) is 38.5 Å². The predicted molar refractivity (Wildman–Crippen MR) is 72.1 cm³/mol. The molecule has 2 fully saturated rings. The number of nitrogens with two attached hydrogens (primary N) is 1. The third-order valence-corrected chi connectivity index (χ3v) is 4.81. The summed E-state index contributed by atoms with van der Waals surface area (Å²) in [5.74, 6) is 0.580. The zero-order chi connectivity index (χ0) is 12.8. The molecule has 2 aliphatic rings. The van der Waals surface area contributed by atoms with Crippen LogP contribution in [0.5, 0.6) is 0 Å². The summed E-state index contributed by atoms with van der Waals surface area (Å²) >= 11 is 0. The third-order valence-electron chi connectivity index (χ3n) is 4.81. The average molecular weight is 253 g/mol. The third kappa shape index (κ3) is 3.25. The van der Waals surface area contributed by atoms with Gasteiger partial charge in [-0.3, -0.25) is 4.79 Å². The van der Waals surface area contributed by atoms with Gasteiger partial charge in [0, 0.05) is 6.54 Å². The van der Waals surface area contributed by atoms with E-state index in [1.807, 2.05) is 0 Å². The summed E-state index contributed by atoms with van der Waals surface area (Å²) in [6.07, 6.45) is 11.7. The second-order valence-corrected chi connectivity index (χ2v) is 6.15. The molecule has 0 spiro atoms. The highest BCUT2D eigenvalue weighted by molar-refractivity contribution is 5.77. The first-order valence-corrected chi connectivity index (χ1v) is 7.64. The first-order valence-electron chi connectivity index (χ1n) is 7.64. The smallest absolute Gasteiger partial charge is 0.313 e. The lowest BCUT2D eigenvalue weighted by molar-refractivity contribution is -0.159. The molecule has 0 bridgehead atoms. The van der Waals surface area contributed by atoms with Gasteiger partial charge in [0.05, 0.1) is 12.0 Å². The molecule has 0 atom stereocenters. The van der Waals surface area contributed by atoms with Crippen molar-refractivity contribution in [3.05, 3.63) is 0 Å². The first kappa shape index (κ1) is 13.9. The average Bonchev–Trinajstić information content (AvgIpc) is 2.46. The Morgan fingerprint density at radius 3 is 2.28 bits per heavy atom. The molecule has 2 N–H and O–H groups in total. The molecule has 0 aromatic rings. The van der Waals surface area contributed by atoms with Crippen LogP contribution < -0.4 is 5.73 Å². The summed E-state index contributed by atoms with van der Waals surface area (Å²) in [4.78, 5) is 12.3. The maximum Gasteiger partial charge on any atom is 0.313 e. The quantitative estimate of drug-likeness (QED) is 0.784. The number of rotatable bonds is 4. The number of hydrogen-bond acceptors (Lipinski definition) is 3. The lowest BCUT2D eigenvalue weighted by Crippen LogP contribution is -2.42. The van der Waals surface area contributed by atoms with Crippen molar-refractivity contribution in [2.24, 2.45) is 17.1 Å². The predicted octanol–water partition coefficient (Wildman–Crippen LogP) is 3.02. The van der Waals surface area contributed by atoms with E-state index in [9.17, 15) is 4.79 Å². The summed E-state index contributed by atoms with van der Waals surface area (Å²) in [6, 6.07) is 0. The minimum absolute atomic E-state index is 0.0183. The maximum absolute atomic E-state index is 12.3. The van der Waals surface area contributed by atoms with Gasteiger partial charge in [0.2, 0.25) is 0 Å². The fourth-order valence-electron chi connectivity index (χ4n) is 3.42. The molecule has 104 valence electrons. The van der Waals surface area contributed by atoms with E-state index in [0.717, 1.165) is 25.7 Å². The molecule has 0 amide bonds. The maximum atomic E-state index is 12.3. The van der Waals surface area contributed by atoms with E-state index in [1.54, 1.807) is 0 Å². The van der Waals surface area contributed by atoms with Gasteiger partial charge in [0.25, 0.3) is 0 Å². The number of hydrogen-bond donors (Lipinski definition) is 1. The Hall–Kier alpha value is -0.570. The fraction of sp³-hybridized carbons (Fsp3) is 0.933. The zero-order valence-electron chi connectivity index (χ0n) is 11.5. The molecule has 0 unspecified atom stereocenters. The van der Waals surface area contributed by atoms with Crippen molar-refractivity contribution in [2.45, 2.75) is 64.2 Å². The Kier molecular flexibility index (Phi) is 5.04. The summed E-state index contributed by atoms with van der Waals surface area (Å²) < 4.78 is 5.60.